The average Bonchev–Trinajstić information content (AvgIpc) is 3.24. The summed E-state index contributed by atoms with van der Waals surface area (Å²) in [5.74, 6) is 1.66. The maximum atomic E-state index is 12.9. The van der Waals surface area contributed by atoms with Gasteiger partial charge in [0, 0.05) is 55.1 Å². The minimum atomic E-state index is -0.129. The van der Waals surface area contributed by atoms with Crippen molar-refractivity contribution in [3.05, 3.63) is 66.0 Å². The van der Waals surface area contributed by atoms with Crippen LogP contribution in [0.5, 0.6) is 0 Å². The molecule has 31 heavy (non-hydrogen) atoms. The number of rotatable bonds is 4. The lowest BCUT2D eigenvalue weighted by atomic mass is 10.00. The molecule has 0 saturated heterocycles. The molecule has 5 rings (SSSR count). The molecule has 0 saturated carbocycles. The number of hydrogen-bond donors (Lipinski definition) is 2. The third-order valence-electron chi connectivity index (χ3n) is 5.83. The summed E-state index contributed by atoms with van der Waals surface area (Å²) in [6.07, 6.45) is 8.51. The van der Waals surface area contributed by atoms with Crippen LogP contribution in [0.1, 0.15) is 34.7 Å². The first-order valence-electron chi connectivity index (χ1n) is 10.5. The Morgan fingerprint density at radius 1 is 1.03 bits per heavy atom. The largest absolute Gasteiger partial charge is 0.373 e. The monoisotopic (exact) mass is 412 g/mol. The van der Waals surface area contributed by atoms with Gasteiger partial charge in [-0.05, 0) is 49.1 Å². The van der Waals surface area contributed by atoms with Gasteiger partial charge in [0.05, 0.1) is 11.7 Å². The molecule has 0 bridgehead atoms. The first-order valence-corrected chi connectivity index (χ1v) is 10.5. The van der Waals surface area contributed by atoms with Crippen molar-refractivity contribution in [2.45, 2.75) is 32.7 Å². The average molecular weight is 412 g/mol. The number of carbonyl (C=O) groups excluding carboxylic acids is 1. The minimum absolute atomic E-state index is 0.129. The van der Waals surface area contributed by atoms with Crippen LogP contribution in [0.2, 0.25) is 0 Å². The zero-order valence-electron chi connectivity index (χ0n) is 17.6. The van der Waals surface area contributed by atoms with Crippen molar-refractivity contribution in [3.63, 3.8) is 0 Å². The van der Waals surface area contributed by atoms with Gasteiger partial charge in [0.25, 0.3) is 5.91 Å². The molecule has 1 aliphatic heterocycles. The van der Waals surface area contributed by atoms with Crippen LogP contribution in [-0.4, -0.2) is 32.5 Å². The van der Waals surface area contributed by atoms with Crippen LogP contribution in [0.4, 0.5) is 11.5 Å². The van der Waals surface area contributed by atoms with Gasteiger partial charge in [-0.1, -0.05) is 6.07 Å². The van der Waals surface area contributed by atoms with E-state index < -0.39 is 0 Å². The topological polar surface area (TPSA) is 84.7 Å². The van der Waals surface area contributed by atoms with Crippen LogP contribution in [0.3, 0.4) is 0 Å². The number of hydrogen-bond acceptors (Lipinski definition) is 5. The molecule has 4 aromatic rings. The zero-order valence-corrected chi connectivity index (χ0v) is 17.6. The van der Waals surface area contributed by atoms with E-state index in [0.29, 0.717) is 5.69 Å². The summed E-state index contributed by atoms with van der Waals surface area (Å²) in [6.45, 7) is 2.91. The maximum absolute atomic E-state index is 12.9. The Labute approximate surface area is 180 Å². The van der Waals surface area contributed by atoms with Crippen LogP contribution in [0.15, 0.2) is 48.9 Å². The Kier molecular flexibility index (Phi) is 4.86. The highest BCUT2D eigenvalue weighted by molar-refractivity contribution is 6.03. The van der Waals surface area contributed by atoms with Crippen molar-refractivity contribution in [1.82, 2.24) is 19.5 Å². The summed E-state index contributed by atoms with van der Waals surface area (Å²) in [7, 11) is 1.84. The first kappa shape index (κ1) is 19.2. The quantitative estimate of drug-likeness (QED) is 0.518. The molecule has 1 aliphatic rings. The number of pyridine rings is 2. The fourth-order valence-corrected chi connectivity index (χ4v) is 4.11. The Hall–Kier alpha value is -3.74. The van der Waals surface area contributed by atoms with Crippen molar-refractivity contribution in [2.75, 3.05) is 17.7 Å². The van der Waals surface area contributed by atoms with E-state index in [1.807, 2.05) is 48.3 Å². The second-order valence-electron chi connectivity index (χ2n) is 7.89. The summed E-state index contributed by atoms with van der Waals surface area (Å²) in [5, 5.41) is 7.05. The van der Waals surface area contributed by atoms with Gasteiger partial charge in [-0.3, -0.25) is 9.78 Å². The SMILES string of the molecule is CNc1cc2ncc(-c3cc(NC(=O)c4cnc5n4CCCC5)ccc3C)cc2cn1. The highest BCUT2D eigenvalue weighted by Crippen LogP contribution is 2.29. The van der Waals surface area contributed by atoms with Gasteiger partial charge >= 0.3 is 0 Å². The van der Waals surface area contributed by atoms with E-state index in [0.717, 1.165) is 70.7 Å². The lowest BCUT2D eigenvalue weighted by Crippen LogP contribution is -2.20. The number of nitrogens with zero attached hydrogens (tertiary/aromatic N) is 4. The van der Waals surface area contributed by atoms with Crippen molar-refractivity contribution in [3.8, 4) is 11.1 Å². The summed E-state index contributed by atoms with van der Waals surface area (Å²) in [6, 6.07) is 9.95. The summed E-state index contributed by atoms with van der Waals surface area (Å²) >= 11 is 0. The predicted molar refractivity (Wildman–Crippen MR) is 122 cm³/mol. The van der Waals surface area contributed by atoms with E-state index in [4.69, 9.17) is 0 Å². The van der Waals surface area contributed by atoms with Crippen LogP contribution in [-0.2, 0) is 13.0 Å². The molecule has 0 spiro atoms. The standard InChI is InChI=1S/C24H24N6O/c1-15-6-7-18(29-24(31)21-14-28-23-5-3-4-8-30(21)23)10-19(15)16-9-17-13-27-22(25-2)11-20(17)26-12-16/h6-7,9-14H,3-5,8H2,1-2H3,(H,25,27)(H,29,31). The molecule has 7 heteroatoms. The number of carbonyl (C=O) groups is 1. The first-order chi connectivity index (χ1) is 15.1. The van der Waals surface area contributed by atoms with Crippen LogP contribution in [0, 0.1) is 6.92 Å². The van der Waals surface area contributed by atoms with Gasteiger partial charge in [0.2, 0.25) is 0 Å². The molecule has 7 nitrogen and oxygen atoms in total. The summed E-state index contributed by atoms with van der Waals surface area (Å²) in [5.41, 5.74) is 5.38. The third-order valence-corrected chi connectivity index (χ3v) is 5.83. The molecule has 1 amide bonds. The van der Waals surface area contributed by atoms with E-state index in [2.05, 4.69) is 38.6 Å². The molecule has 1 aromatic carbocycles. The highest BCUT2D eigenvalue weighted by Gasteiger charge is 2.19. The van der Waals surface area contributed by atoms with E-state index in [9.17, 15) is 4.79 Å². The summed E-state index contributed by atoms with van der Waals surface area (Å²) < 4.78 is 2.04. The molecular weight excluding hydrogens is 388 g/mol. The molecule has 4 heterocycles. The van der Waals surface area contributed by atoms with Gasteiger partial charge in [-0.25, -0.2) is 9.97 Å². The molecule has 3 aromatic heterocycles. The Balaban J connectivity index is 1.45. The minimum Gasteiger partial charge on any atom is -0.373 e. The number of imidazole rings is 1. The van der Waals surface area contributed by atoms with Gasteiger partial charge in [-0.15, -0.1) is 0 Å². The number of aryl methyl sites for hydroxylation is 2. The molecule has 0 fully saturated rings. The van der Waals surface area contributed by atoms with Crippen molar-refractivity contribution >= 4 is 28.3 Å². The molecule has 0 radical (unpaired) electrons. The van der Waals surface area contributed by atoms with Crippen LogP contribution >= 0.6 is 0 Å². The van der Waals surface area contributed by atoms with E-state index in [1.54, 1.807) is 6.20 Å². The van der Waals surface area contributed by atoms with Crippen LogP contribution < -0.4 is 10.6 Å². The number of nitrogens with one attached hydrogen (secondary N) is 2. The second kappa shape index (κ2) is 7.83. The third kappa shape index (κ3) is 3.63. The van der Waals surface area contributed by atoms with Gasteiger partial charge < -0.3 is 15.2 Å². The fourth-order valence-electron chi connectivity index (χ4n) is 4.11. The molecule has 0 atom stereocenters. The van der Waals surface area contributed by atoms with E-state index in [-0.39, 0.29) is 5.91 Å². The van der Waals surface area contributed by atoms with Gasteiger partial charge in [0.1, 0.15) is 17.3 Å². The summed E-state index contributed by atoms with van der Waals surface area (Å²) in [4.78, 5) is 26.3. The smallest absolute Gasteiger partial charge is 0.273 e. The van der Waals surface area contributed by atoms with Gasteiger partial charge in [-0.2, -0.15) is 0 Å². The lowest BCUT2D eigenvalue weighted by molar-refractivity contribution is 0.101. The molecule has 0 unspecified atom stereocenters. The molecule has 2 N–H and O–H groups in total. The second-order valence-corrected chi connectivity index (χ2v) is 7.89. The zero-order chi connectivity index (χ0) is 21.4. The van der Waals surface area contributed by atoms with E-state index >= 15 is 0 Å². The van der Waals surface area contributed by atoms with Gasteiger partial charge in [0.15, 0.2) is 0 Å². The number of amides is 1. The number of fused-ring (bicyclic) bond motifs is 2. The number of aromatic nitrogens is 4. The Bertz CT molecular complexity index is 1290. The van der Waals surface area contributed by atoms with E-state index in [1.165, 1.54) is 0 Å². The van der Waals surface area contributed by atoms with Crippen molar-refractivity contribution in [1.29, 1.82) is 0 Å². The molecule has 156 valence electrons. The predicted octanol–water partition coefficient (Wildman–Crippen LogP) is 4.43. The lowest BCUT2D eigenvalue weighted by Gasteiger charge is -2.16. The van der Waals surface area contributed by atoms with Crippen molar-refractivity contribution < 1.29 is 4.79 Å². The number of benzene rings is 1. The molecular formula is C24H24N6O. The van der Waals surface area contributed by atoms with Crippen LogP contribution in [0.25, 0.3) is 22.0 Å². The maximum Gasteiger partial charge on any atom is 0.273 e. The highest BCUT2D eigenvalue weighted by atomic mass is 16.2. The Morgan fingerprint density at radius 3 is 2.81 bits per heavy atom. The van der Waals surface area contributed by atoms with Crippen molar-refractivity contribution in [2.24, 2.45) is 0 Å². The normalized spacial score (nSPS) is 13.1. The Morgan fingerprint density at radius 2 is 1.94 bits per heavy atom. The fraction of sp³-hybridized carbons (Fsp3) is 0.250. The molecule has 0 aliphatic carbocycles. The number of anilines is 2.